The third kappa shape index (κ3) is 2.67. The van der Waals surface area contributed by atoms with Crippen molar-refractivity contribution in [2.75, 3.05) is 6.26 Å². The minimum Gasteiger partial charge on any atom is -0.309 e. The Morgan fingerprint density at radius 1 is 1.64 bits per heavy atom. The van der Waals surface area contributed by atoms with E-state index < -0.39 is 15.4 Å². The molecular formula is C7H7N3O3S. The summed E-state index contributed by atoms with van der Waals surface area (Å²) in [6.45, 7) is 0. The lowest BCUT2D eigenvalue weighted by Crippen LogP contribution is -2.16. The van der Waals surface area contributed by atoms with Gasteiger partial charge in [-0.25, -0.2) is 13.4 Å². The zero-order valence-corrected chi connectivity index (χ0v) is 8.13. The molecule has 74 valence electrons. The Kier molecular flexibility index (Phi) is 2.67. The number of aromatic amines is 1. The summed E-state index contributed by atoms with van der Waals surface area (Å²) >= 11 is 0. The van der Waals surface area contributed by atoms with E-state index in [0.717, 1.165) is 12.5 Å². The summed E-state index contributed by atoms with van der Waals surface area (Å²) in [5, 5.41) is 8.41. The van der Waals surface area contributed by atoms with Gasteiger partial charge in [-0.1, -0.05) is 0 Å². The van der Waals surface area contributed by atoms with Gasteiger partial charge in [0.2, 0.25) is 0 Å². The average molecular weight is 213 g/mol. The molecule has 0 aliphatic heterocycles. The summed E-state index contributed by atoms with van der Waals surface area (Å²) in [5.41, 5.74) is -0.761. The molecule has 0 fully saturated rings. The van der Waals surface area contributed by atoms with Crippen LogP contribution in [0.15, 0.2) is 11.0 Å². The third-order valence-electron chi connectivity index (χ3n) is 1.37. The highest BCUT2D eigenvalue weighted by Crippen LogP contribution is 1.95. The normalized spacial score (nSPS) is 10.9. The van der Waals surface area contributed by atoms with Crippen LogP contribution in [0.2, 0.25) is 0 Å². The van der Waals surface area contributed by atoms with Crippen molar-refractivity contribution in [3.8, 4) is 6.07 Å². The Balaban J connectivity index is 3.12. The number of sulfone groups is 1. The predicted octanol–water partition coefficient (Wildman–Crippen LogP) is -0.814. The van der Waals surface area contributed by atoms with Crippen LogP contribution in [-0.2, 0) is 15.6 Å². The SMILES string of the molecule is CS(=O)(=O)Cc1ncc(C#N)c(=O)[nH]1. The number of nitrogens with zero attached hydrogens (tertiary/aromatic N) is 2. The van der Waals surface area contributed by atoms with Crippen molar-refractivity contribution in [1.82, 2.24) is 9.97 Å². The van der Waals surface area contributed by atoms with E-state index in [-0.39, 0.29) is 17.1 Å². The van der Waals surface area contributed by atoms with Gasteiger partial charge in [-0.15, -0.1) is 0 Å². The molecule has 0 spiro atoms. The van der Waals surface area contributed by atoms with Gasteiger partial charge in [-0.2, -0.15) is 5.26 Å². The minimum absolute atomic E-state index is 0.0384. The van der Waals surface area contributed by atoms with E-state index in [1.807, 2.05) is 0 Å². The van der Waals surface area contributed by atoms with Crippen LogP contribution in [-0.4, -0.2) is 24.6 Å². The first kappa shape index (κ1) is 10.4. The van der Waals surface area contributed by atoms with E-state index in [0.29, 0.717) is 0 Å². The van der Waals surface area contributed by atoms with Crippen LogP contribution in [0, 0.1) is 11.3 Å². The molecule has 0 aliphatic rings. The standard InChI is InChI=1S/C7H7N3O3S/c1-14(12,13)4-6-9-3-5(2-8)7(11)10-6/h3H,4H2,1H3,(H,9,10,11). The van der Waals surface area contributed by atoms with Crippen molar-refractivity contribution in [1.29, 1.82) is 5.26 Å². The Bertz CT molecular complexity index is 538. The van der Waals surface area contributed by atoms with Gasteiger partial charge in [0, 0.05) is 6.26 Å². The van der Waals surface area contributed by atoms with Gasteiger partial charge in [0.1, 0.15) is 23.2 Å². The van der Waals surface area contributed by atoms with E-state index >= 15 is 0 Å². The molecule has 6 nitrogen and oxygen atoms in total. The van der Waals surface area contributed by atoms with Crippen LogP contribution in [0.5, 0.6) is 0 Å². The molecular weight excluding hydrogens is 206 g/mol. The molecule has 0 aromatic carbocycles. The fraction of sp³-hybridized carbons (Fsp3) is 0.286. The highest BCUT2D eigenvalue weighted by atomic mass is 32.2. The molecule has 0 atom stereocenters. The molecule has 0 radical (unpaired) electrons. The first-order valence-electron chi connectivity index (χ1n) is 3.58. The molecule has 1 heterocycles. The van der Waals surface area contributed by atoms with Gasteiger partial charge in [0.15, 0.2) is 9.84 Å². The molecule has 0 amide bonds. The summed E-state index contributed by atoms with van der Waals surface area (Å²) in [7, 11) is -3.23. The maximum atomic E-state index is 11.0. The summed E-state index contributed by atoms with van der Waals surface area (Å²) in [6.07, 6.45) is 2.09. The minimum atomic E-state index is -3.23. The third-order valence-corrected chi connectivity index (χ3v) is 2.17. The quantitative estimate of drug-likeness (QED) is 0.691. The van der Waals surface area contributed by atoms with E-state index in [2.05, 4.69) is 9.97 Å². The van der Waals surface area contributed by atoms with Gasteiger partial charge in [0.25, 0.3) is 5.56 Å². The lowest BCUT2D eigenvalue weighted by Gasteiger charge is -1.97. The second-order valence-corrected chi connectivity index (χ2v) is 4.89. The average Bonchev–Trinajstić information content (AvgIpc) is 2.01. The Morgan fingerprint density at radius 2 is 2.29 bits per heavy atom. The van der Waals surface area contributed by atoms with Crippen LogP contribution in [0.25, 0.3) is 0 Å². The zero-order chi connectivity index (χ0) is 10.8. The molecule has 14 heavy (non-hydrogen) atoms. The van der Waals surface area contributed by atoms with Gasteiger partial charge in [-0.05, 0) is 0 Å². The molecule has 0 saturated carbocycles. The Morgan fingerprint density at radius 3 is 2.71 bits per heavy atom. The van der Waals surface area contributed by atoms with E-state index in [1.165, 1.54) is 0 Å². The maximum Gasteiger partial charge on any atom is 0.268 e. The number of nitrogens with one attached hydrogen (secondary N) is 1. The monoisotopic (exact) mass is 213 g/mol. The predicted molar refractivity (Wildman–Crippen MR) is 48.1 cm³/mol. The van der Waals surface area contributed by atoms with Crippen molar-refractivity contribution >= 4 is 9.84 Å². The number of hydrogen-bond acceptors (Lipinski definition) is 5. The summed E-state index contributed by atoms with van der Waals surface area (Å²) in [5.74, 6) is -0.301. The molecule has 1 aromatic rings. The maximum absolute atomic E-state index is 11.0. The van der Waals surface area contributed by atoms with Crippen LogP contribution >= 0.6 is 0 Å². The highest BCUT2D eigenvalue weighted by molar-refractivity contribution is 7.89. The zero-order valence-electron chi connectivity index (χ0n) is 7.31. The van der Waals surface area contributed by atoms with Crippen LogP contribution < -0.4 is 5.56 Å². The molecule has 0 aliphatic carbocycles. The summed E-state index contributed by atoms with van der Waals surface area (Å²) in [4.78, 5) is 16.9. The van der Waals surface area contributed by atoms with Gasteiger partial charge >= 0.3 is 0 Å². The lowest BCUT2D eigenvalue weighted by atomic mass is 10.4. The fourth-order valence-electron chi connectivity index (χ4n) is 0.833. The van der Waals surface area contributed by atoms with Gasteiger partial charge in [0.05, 0.1) is 6.20 Å². The molecule has 0 bridgehead atoms. The number of H-pyrrole nitrogens is 1. The van der Waals surface area contributed by atoms with Crippen molar-refractivity contribution in [2.45, 2.75) is 5.75 Å². The van der Waals surface area contributed by atoms with Crippen molar-refractivity contribution < 1.29 is 8.42 Å². The molecule has 1 aromatic heterocycles. The van der Waals surface area contributed by atoms with Crippen molar-refractivity contribution in [3.05, 3.63) is 27.9 Å². The Labute approximate surface area is 80.1 Å². The summed E-state index contributed by atoms with van der Waals surface area (Å²) in [6, 6.07) is 1.63. The number of rotatable bonds is 2. The van der Waals surface area contributed by atoms with E-state index in [9.17, 15) is 13.2 Å². The van der Waals surface area contributed by atoms with Gasteiger partial charge in [-0.3, -0.25) is 4.79 Å². The van der Waals surface area contributed by atoms with Crippen LogP contribution in [0.4, 0.5) is 0 Å². The van der Waals surface area contributed by atoms with E-state index in [1.54, 1.807) is 6.07 Å². The number of aromatic nitrogens is 2. The van der Waals surface area contributed by atoms with Crippen LogP contribution in [0.3, 0.4) is 0 Å². The van der Waals surface area contributed by atoms with Crippen LogP contribution in [0.1, 0.15) is 11.4 Å². The smallest absolute Gasteiger partial charge is 0.268 e. The van der Waals surface area contributed by atoms with Crippen molar-refractivity contribution in [3.63, 3.8) is 0 Å². The first-order valence-corrected chi connectivity index (χ1v) is 5.64. The molecule has 1 rings (SSSR count). The van der Waals surface area contributed by atoms with E-state index in [4.69, 9.17) is 5.26 Å². The first-order chi connectivity index (χ1) is 6.42. The van der Waals surface area contributed by atoms with Gasteiger partial charge < -0.3 is 4.98 Å². The Hall–Kier alpha value is -1.68. The second kappa shape index (κ2) is 3.59. The molecule has 0 saturated heterocycles. The fourth-order valence-corrected chi connectivity index (χ4v) is 1.48. The van der Waals surface area contributed by atoms with Crippen molar-refractivity contribution in [2.24, 2.45) is 0 Å². The lowest BCUT2D eigenvalue weighted by molar-refractivity contribution is 0.599. The molecule has 0 unspecified atom stereocenters. The molecule has 1 N–H and O–H groups in total. The largest absolute Gasteiger partial charge is 0.309 e. The summed E-state index contributed by atoms with van der Waals surface area (Å²) < 4.78 is 21.7. The highest BCUT2D eigenvalue weighted by Gasteiger charge is 2.07. The molecule has 7 heteroatoms. The number of hydrogen-bond donors (Lipinski definition) is 1. The number of nitriles is 1. The topological polar surface area (TPSA) is 104 Å². The second-order valence-electron chi connectivity index (χ2n) is 2.75.